The topological polar surface area (TPSA) is 50.9 Å². The highest BCUT2D eigenvalue weighted by molar-refractivity contribution is 6.31. The Hall–Kier alpha value is -1.53. The monoisotopic (exact) mass is 343 g/mol. The van der Waals surface area contributed by atoms with E-state index >= 15 is 0 Å². The van der Waals surface area contributed by atoms with E-state index in [4.69, 9.17) is 17.3 Å². The summed E-state index contributed by atoms with van der Waals surface area (Å²) in [7, 11) is 0. The van der Waals surface area contributed by atoms with E-state index in [2.05, 4.69) is 10.3 Å². The van der Waals surface area contributed by atoms with Gasteiger partial charge in [-0.1, -0.05) is 11.6 Å². The largest absolute Gasteiger partial charge is 0.435 e. The van der Waals surface area contributed by atoms with Crippen molar-refractivity contribution in [2.45, 2.75) is 43.9 Å². The molecule has 0 aliphatic heterocycles. The van der Waals surface area contributed by atoms with Crippen LogP contribution in [0.3, 0.4) is 0 Å². The molecule has 2 unspecified atom stereocenters. The molecule has 1 aromatic heterocycles. The zero-order valence-corrected chi connectivity index (χ0v) is 13.1. The summed E-state index contributed by atoms with van der Waals surface area (Å²) in [4.78, 5) is 3.79. The second-order valence-electron chi connectivity index (χ2n) is 5.99. The van der Waals surface area contributed by atoms with Crippen LogP contribution in [0, 0.1) is 0 Å². The highest BCUT2D eigenvalue weighted by Gasteiger charge is 2.36. The molecule has 0 saturated heterocycles. The molecule has 1 aliphatic carbocycles. The minimum Gasteiger partial charge on any atom is -0.380 e. The first kappa shape index (κ1) is 16.3. The predicted molar refractivity (Wildman–Crippen MR) is 85.6 cm³/mol. The van der Waals surface area contributed by atoms with E-state index in [9.17, 15) is 13.2 Å². The second kappa shape index (κ2) is 6.17. The van der Waals surface area contributed by atoms with E-state index in [1.165, 1.54) is 18.2 Å². The first-order valence-electron chi connectivity index (χ1n) is 7.52. The number of pyridine rings is 1. The van der Waals surface area contributed by atoms with Crippen molar-refractivity contribution in [3.05, 3.63) is 35.0 Å². The fraction of sp³-hybridized carbons (Fsp3) is 0.438. The quantitative estimate of drug-likeness (QED) is 0.838. The van der Waals surface area contributed by atoms with Crippen molar-refractivity contribution in [1.82, 2.24) is 4.98 Å². The lowest BCUT2D eigenvalue weighted by molar-refractivity contribution is -0.140. The third kappa shape index (κ3) is 3.70. The molecule has 23 heavy (non-hydrogen) atoms. The van der Waals surface area contributed by atoms with E-state index in [1.54, 1.807) is 6.07 Å². The van der Waals surface area contributed by atoms with Gasteiger partial charge in [-0.2, -0.15) is 13.2 Å². The maximum absolute atomic E-state index is 13.3. The van der Waals surface area contributed by atoms with Gasteiger partial charge in [0.2, 0.25) is 0 Å². The molecular weight excluding hydrogens is 327 g/mol. The average Bonchev–Trinajstić information content (AvgIpc) is 2.45. The van der Waals surface area contributed by atoms with Crippen molar-refractivity contribution in [2.75, 3.05) is 5.32 Å². The Kier molecular flexibility index (Phi) is 4.38. The van der Waals surface area contributed by atoms with Crippen molar-refractivity contribution in [3.63, 3.8) is 0 Å². The van der Waals surface area contributed by atoms with E-state index in [1.807, 2.05) is 0 Å². The Balaban J connectivity index is 2.01. The van der Waals surface area contributed by atoms with Crippen LogP contribution in [-0.2, 0) is 6.18 Å². The number of nitrogens with one attached hydrogen (secondary N) is 1. The molecule has 2 aromatic rings. The van der Waals surface area contributed by atoms with Gasteiger partial charge in [0, 0.05) is 22.5 Å². The summed E-state index contributed by atoms with van der Waals surface area (Å²) in [6, 6.07) is 6.06. The van der Waals surface area contributed by atoms with Gasteiger partial charge in [-0.3, -0.25) is 0 Å². The summed E-state index contributed by atoms with van der Waals surface area (Å²) >= 11 is 5.92. The van der Waals surface area contributed by atoms with Crippen LogP contribution in [-0.4, -0.2) is 17.1 Å². The van der Waals surface area contributed by atoms with Crippen LogP contribution in [0.15, 0.2) is 24.3 Å². The van der Waals surface area contributed by atoms with Gasteiger partial charge < -0.3 is 11.1 Å². The van der Waals surface area contributed by atoms with E-state index in [0.29, 0.717) is 16.8 Å². The van der Waals surface area contributed by atoms with Crippen LogP contribution in [0.25, 0.3) is 10.9 Å². The van der Waals surface area contributed by atoms with Gasteiger partial charge in [-0.15, -0.1) is 0 Å². The Morgan fingerprint density at radius 2 is 2.00 bits per heavy atom. The maximum atomic E-state index is 13.3. The highest BCUT2D eigenvalue weighted by Crippen LogP contribution is 2.36. The van der Waals surface area contributed by atoms with Crippen LogP contribution >= 0.6 is 11.6 Å². The summed E-state index contributed by atoms with van der Waals surface area (Å²) in [6.07, 6.45) is -1.24. The summed E-state index contributed by atoms with van der Waals surface area (Å²) < 4.78 is 40.0. The van der Waals surface area contributed by atoms with Crippen LogP contribution in [0.1, 0.15) is 31.4 Å². The highest BCUT2D eigenvalue weighted by atomic mass is 35.5. The van der Waals surface area contributed by atoms with Crippen molar-refractivity contribution >= 4 is 28.2 Å². The number of rotatable bonds is 2. The lowest BCUT2D eigenvalue weighted by Gasteiger charge is -2.29. The Morgan fingerprint density at radius 1 is 1.22 bits per heavy atom. The lowest BCUT2D eigenvalue weighted by atomic mass is 9.91. The van der Waals surface area contributed by atoms with Crippen LogP contribution in [0.4, 0.5) is 18.9 Å². The third-order valence-corrected chi connectivity index (χ3v) is 4.35. The first-order chi connectivity index (χ1) is 10.8. The molecule has 1 aromatic carbocycles. The Bertz CT molecular complexity index is 718. The number of fused-ring (bicyclic) bond motifs is 1. The SMILES string of the molecule is NC1CCCC(Nc2cc3cc(Cl)ccc3nc2C(F)(F)F)C1. The number of alkyl halides is 3. The minimum absolute atomic E-state index is 0.00799. The fourth-order valence-electron chi connectivity index (χ4n) is 3.05. The summed E-state index contributed by atoms with van der Waals surface area (Å²) in [5.41, 5.74) is 5.28. The van der Waals surface area contributed by atoms with Gasteiger partial charge in [0.25, 0.3) is 0 Å². The molecular formula is C16H17ClF3N3. The smallest absolute Gasteiger partial charge is 0.380 e. The molecule has 2 atom stereocenters. The molecule has 0 radical (unpaired) electrons. The first-order valence-corrected chi connectivity index (χ1v) is 7.90. The lowest BCUT2D eigenvalue weighted by Crippen LogP contribution is -2.35. The maximum Gasteiger partial charge on any atom is 0.435 e. The summed E-state index contributed by atoms with van der Waals surface area (Å²) in [5, 5.41) is 4.03. The average molecular weight is 344 g/mol. The van der Waals surface area contributed by atoms with Gasteiger partial charge in [-0.05, 0) is 49.9 Å². The number of nitrogens with zero attached hydrogens (tertiary/aromatic N) is 1. The molecule has 0 amide bonds. The van der Waals surface area contributed by atoms with Gasteiger partial charge in [0.05, 0.1) is 11.2 Å². The van der Waals surface area contributed by atoms with Gasteiger partial charge in [0.1, 0.15) is 0 Å². The summed E-state index contributed by atoms with van der Waals surface area (Å²) in [5.74, 6) is 0. The molecule has 3 rings (SSSR count). The number of hydrogen-bond donors (Lipinski definition) is 2. The van der Waals surface area contributed by atoms with E-state index in [0.717, 1.165) is 19.3 Å². The molecule has 0 spiro atoms. The van der Waals surface area contributed by atoms with E-state index < -0.39 is 11.9 Å². The van der Waals surface area contributed by atoms with Gasteiger partial charge in [0.15, 0.2) is 5.69 Å². The molecule has 1 fully saturated rings. The molecule has 1 saturated carbocycles. The number of benzene rings is 1. The summed E-state index contributed by atoms with van der Waals surface area (Å²) in [6.45, 7) is 0. The zero-order valence-electron chi connectivity index (χ0n) is 12.3. The number of hydrogen-bond acceptors (Lipinski definition) is 3. The van der Waals surface area contributed by atoms with Crippen LogP contribution < -0.4 is 11.1 Å². The molecule has 7 heteroatoms. The molecule has 3 N–H and O–H groups in total. The Labute approximate surface area is 137 Å². The molecule has 124 valence electrons. The van der Waals surface area contributed by atoms with Crippen molar-refractivity contribution in [2.24, 2.45) is 5.73 Å². The molecule has 1 aliphatic rings. The van der Waals surface area contributed by atoms with Gasteiger partial charge >= 0.3 is 6.18 Å². The fourth-order valence-corrected chi connectivity index (χ4v) is 3.23. The predicted octanol–water partition coefficient (Wildman–Crippen LogP) is 4.59. The van der Waals surface area contributed by atoms with Crippen LogP contribution in [0.2, 0.25) is 5.02 Å². The normalized spacial score (nSPS) is 22.3. The standard InChI is InChI=1S/C16H17ClF3N3/c17-10-4-5-13-9(6-10)7-14(15(23-13)16(18,19)20)22-12-3-1-2-11(21)8-12/h4-7,11-12,22H,1-3,8,21H2. The number of aromatic nitrogens is 1. The van der Waals surface area contributed by atoms with Crippen LogP contribution in [0.5, 0.6) is 0 Å². The van der Waals surface area contributed by atoms with Crippen molar-refractivity contribution in [1.29, 1.82) is 0 Å². The van der Waals surface area contributed by atoms with Gasteiger partial charge in [-0.25, -0.2) is 4.98 Å². The molecule has 3 nitrogen and oxygen atoms in total. The van der Waals surface area contributed by atoms with Crippen molar-refractivity contribution in [3.8, 4) is 0 Å². The Morgan fingerprint density at radius 3 is 2.70 bits per heavy atom. The van der Waals surface area contributed by atoms with Crippen molar-refractivity contribution < 1.29 is 13.2 Å². The minimum atomic E-state index is -4.52. The van der Waals surface area contributed by atoms with E-state index in [-0.39, 0.29) is 23.3 Å². The third-order valence-electron chi connectivity index (χ3n) is 4.12. The number of nitrogens with two attached hydrogens (primary N) is 1. The number of anilines is 1. The molecule has 1 heterocycles. The second-order valence-corrected chi connectivity index (χ2v) is 6.42. The number of halogens is 4. The molecule has 0 bridgehead atoms. The zero-order chi connectivity index (χ0) is 16.6.